The predicted octanol–water partition coefficient (Wildman–Crippen LogP) is 10.3. The Morgan fingerprint density at radius 3 is 1.80 bits per heavy atom. The van der Waals surface area contributed by atoms with Gasteiger partial charge in [-0.1, -0.05) is 90.3 Å². The van der Waals surface area contributed by atoms with E-state index >= 15 is 0 Å². The maximum Gasteiger partial charge on any atom is 0.258 e. The van der Waals surface area contributed by atoms with E-state index in [1.807, 2.05) is 42.5 Å². The molecule has 10 heteroatoms. The first-order valence-corrected chi connectivity index (χ1v) is 22.8. The predicted molar refractivity (Wildman–Crippen MR) is 244 cm³/mol. The Bertz CT molecular complexity index is 1870. The van der Waals surface area contributed by atoms with Crippen molar-refractivity contribution in [3.05, 3.63) is 130 Å². The van der Waals surface area contributed by atoms with Crippen LogP contribution in [-0.2, 0) is 21.5 Å². The second-order valence-electron chi connectivity index (χ2n) is 17.1. The molecule has 2 amide bonds. The summed E-state index contributed by atoms with van der Waals surface area (Å²) in [5.41, 5.74) is 3.00. The molecule has 1 saturated heterocycles. The van der Waals surface area contributed by atoms with Gasteiger partial charge in [-0.3, -0.25) is 14.5 Å². The Labute approximate surface area is 368 Å². The van der Waals surface area contributed by atoms with E-state index in [-0.39, 0.29) is 35.5 Å². The van der Waals surface area contributed by atoms with Gasteiger partial charge in [0.15, 0.2) is 6.61 Å². The van der Waals surface area contributed by atoms with Crippen LogP contribution in [0.3, 0.4) is 0 Å². The number of ether oxygens (including phenoxy) is 2. The molecule has 8 nitrogen and oxygen atoms in total. The molecule has 60 heavy (non-hydrogen) atoms. The summed E-state index contributed by atoms with van der Waals surface area (Å²) in [4.78, 5) is 29.8. The number of carbonyl (C=O) groups is 2. The maximum absolute atomic E-state index is 12.5. The highest BCUT2D eigenvalue weighted by atomic mass is 35.5. The van der Waals surface area contributed by atoms with E-state index in [9.17, 15) is 9.59 Å². The van der Waals surface area contributed by atoms with Crippen LogP contribution in [0, 0.1) is 0 Å². The van der Waals surface area contributed by atoms with Gasteiger partial charge in [-0.25, -0.2) is 0 Å². The van der Waals surface area contributed by atoms with Gasteiger partial charge >= 0.3 is 0 Å². The monoisotopic (exact) mass is 854 g/mol. The lowest BCUT2D eigenvalue weighted by Crippen LogP contribution is -2.53. The molecule has 322 valence electrons. The van der Waals surface area contributed by atoms with Crippen LogP contribution in [0.25, 0.3) is 0 Å². The van der Waals surface area contributed by atoms with Gasteiger partial charge in [-0.2, -0.15) is 0 Å². The fraction of sp³-hybridized carbons (Fsp3) is 0.480. The summed E-state index contributed by atoms with van der Waals surface area (Å²) < 4.78 is 11.2. The largest absolute Gasteiger partial charge is 0.494 e. The van der Waals surface area contributed by atoms with Crippen molar-refractivity contribution >= 4 is 35.0 Å². The first kappa shape index (κ1) is 45.4. The van der Waals surface area contributed by atoms with E-state index in [0.717, 1.165) is 75.0 Å². The van der Waals surface area contributed by atoms with Crippen LogP contribution in [0.5, 0.6) is 11.5 Å². The number of rotatable bonds is 15. The molecule has 0 spiro atoms. The van der Waals surface area contributed by atoms with E-state index in [4.69, 9.17) is 32.7 Å². The third kappa shape index (κ3) is 13.2. The Kier molecular flexibility index (Phi) is 17.2. The maximum atomic E-state index is 12.5. The molecule has 0 radical (unpaired) electrons. The zero-order chi connectivity index (χ0) is 42.2. The van der Waals surface area contributed by atoms with Crippen molar-refractivity contribution in [2.45, 2.75) is 113 Å². The van der Waals surface area contributed by atoms with Gasteiger partial charge in [0.05, 0.1) is 6.61 Å². The normalized spacial score (nSPS) is 23.1. The van der Waals surface area contributed by atoms with Crippen molar-refractivity contribution in [2.75, 3.05) is 40.4 Å². The Morgan fingerprint density at radius 2 is 1.20 bits per heavy atom. The molecule has 7 rings (SSSR count). The van der Waals surface area contributed by atoms with Crippen molar-refractivity contribution in [3.8, 4) is 11.5 Å². The standard InChI is InChI=1S/C27H36N2O2.C23H28Cl2N2O2/c30-26(15-10-22-31-25-13-6-2-7-14-25)28-24-16-18-27(19-17-24,23-11-4-1-5-12-23)29-20-8-3-9-21-29;1-27(2)23(15-17-3-5-18(24)6-4-17)13-11-20(12-14-23)26-22(28)16-29-21-9-7-19(25)8-10-21/h1-2,4-7,11-14,24H,3,8-10,15-22H2,(H,28,30);3-10,20H,11-16H2,1-2H3,(H,26,28). The van der Waals surface area contributed by atoms with Gasteiger partial charge in [-0.15, -0.1) is 0 Å². The first-order chi connectivity index (χ1) is 29.1. The molecular weight excluding hydrogens is 791 g/mol. The summed E-state index contributed by atoms with van der Waals surface area (Å²) in [6.45, 7) is 3.00. The van der Waals surface area contributed by atoms with Crippen LogP contribution in [0.1, 0.15) is 94.6 Å². The summed E-state index contributed by atoms with van der Waals surface area (Å²) in [6, 6.07) is 36.5. The molecule has 2 aliphatic carbocycles. The van der Waals surface area contributed by atoms with E-state index in [1.165, 1.54) is 43.5 Å². The number of nitrogens with one attached hydrogen (secondary N) is 2. The van der Waals surface area contributed by atoms with E-state index in [0.29, 0.717) is 29.8 Å². The number of piperidine rings is 1. The number of likely N-dealkylation sites (N-methyl/N-ethyl adjacent to an activating group) is 1. The van der Waals surface area contributed by atoms with E-state index < -0.39 is 0 Å². The summed E-state index contributed by atoms with van der Waals surface area (Å²) in [5, 5.41) is 7.83. The topological polar surface area (TPSA) is 83.1 Å². The van der Waals surface area contributed by atoms with Crippen LogP contribution in [0.2, 0.25) is 10.0 Å². The molecule has 1 aliphatic heterocycles. The van der Waals surface area contributed by atoms with Crippen molar-refractivity contribution in [3.63, 3.8) is 0 Å². The molecule has 3 aliphatic rings. The third-order valence-corrected chi connectivity index (χ3v) is 13.4. The van der Waals surface area contributed by atoms with Crippen LogP contribution >= 0.6 is 23.2 Å². The summed E-state index contributed by atoms with van der Waals surface area (Å²) in [5.74, 6) is 1.58. The van der Waals surface area contributed by atoms with Crippen molar-refractivity contribution in [2.24, 2.45) is 0 Å². The number of hydrogen-bond acceptors (Lipinski definition) is 6. The number of benzene rings is 4. The van der Waals surface area contributed by atoms with Crippen molar-refractivity contribution in [1.29, 1.82) is 0 Å². The molecule has 0 aromatic heterocycles. The van der Waals surface area contributed by atoms with Crippen molar-refractivity contribution < 1.29 is 19.1 Å². The average Bonchev–Trinajstić information content (AvgIpc) is 3.28. The quantitative estimate of drug-likeness (QED) is 0.116. The lowest BCUT2D eigenvalue weighted by atomic mass is 9.73. The van der Waals surface area contributed by atoms with Gasteiger partial charge < -0.3 is 25.0 Å². The van der Waals surface area contributed by atoms with Crippen LogP contribution in [0.4, 0.5) is 0 Å². The molecular formula is C50H64Cl2N4O4. The Hall–Kier alpha value is -4.08. The van der Waals surface area contributed by atoms with Gasteiger partial charge in [0, 0.05) is 39.6 Å². The number of nitrogens with zero attached hydrogens (tertiary/aromatic N) is 2. The summed E-state index contributed by atoms with van der Waals surface area (Å²) >= 11 is 11.9. The van der Waals surface area contributed by atoms with Gasteiger partial charge in [0.2, 0.25) is 5.91 Å². The molecule has 3 fully saturated rings. The second kappa shape index (κ2) is 22.7. The van der Waals surface area contributed by atoms with Crippen molar-refractivity contribution in [1.82, 2.24) is 20.4 Å². The highest BCUT2D eigenvalue weighted by molar-refractivity contribution is 6.30. The fourth-order valence-corrected chi connectivity index (χ4v) is 9.60. The van der Waals surface area contributed by atoms with E-state index in [2.05, 4.69) is 77.0 Å². The Balaban J connectivity index is 0.000000202. The highest BCUT2D eigenvalue weighted by Gasteiger charge is 2.42. The minimum absolute atomic E-state index is 0.0156. The third-order valence-electron chi connectivity index (χ3n) is 12.9. The fourth-order valence-electron chi connectivity index (χ4n) is 9.35. The molecule has 0 unspecified atom stereocenters. The molecule has 2 N–H and O–H groups in total. The smallest absolute Gasteiger partial charge is 0.258 e. The number of likely N-dealkylation sites (tertiary alicyclic amines) is 1. The number of para-hydroxylation sites is 1. The average molecular weight is 856 g/mol. The van der Waals surface area contributed by atoms with Gasteiger partial charge in [-0.05, 0) is 164 Å². The lowest BCUT2D eigenvalue weighted by Gasteiger charge is -2.50. The summed E-state index contributed by atoms with van der Waals surface area (Å²) in [7, 11) is 4.30. The molecule has 0 bridgehead atoms. The summed E-state index contributed by atoms with van der Waals surface area (Å²) in [6.07, 6.45) is 14.6. The second-order valence-corrected chi connectivity index (χ2v) is 17.9. The zero-order valence-electron chi connectivity index (χ0n) is 35.6. The molecule has 0 atom stereocenters. The highest BCUT2D eigenvalue weighted by Crippen LogP contribution is 2.44. The lowest BCUT2D eigenvalue weighted by molar-refractivity contribution is -0.124. The minimum Gasteiger partial charge on any atom is -0.494 e. The number of hydrogen-bond donors (Lipinski definition) is 2. The minimum atomic E-state index is -0.0833. The Morgan fingerprint density at radius 1 is 0.667 bits per heavy atom. The van der Waals surface area contributed by atoms with Gasteiger partial charge in [0.1, 0.15) is 11.5 Å². The first-order valence-electron chi connectivity index (χ1n) is 22.0. The number of halogens is 2. The van der Waals surface area contributed by atoms with Crippen LogP contribution in [-0.4, -0.2) is 79.6 Å². The van der Waals surface area contributed by atoms with Gasteiger partial charge in [0.25, 0.3) is 5.91 Å². The van der Waals surface area contributed by atoms with E-state index in [1.54, 1.807) is 24.3 Å². The SMILES string of the molecule is CN(C)C1(Cc2ccc(Cl)cc2)CCC(NC(=O)COc2ccc(Cl)cc2)CC1.O=C(CCCOc1ccccc1)NC1CCC(c2ccccc2)(N2CCCCC2)CC1. The molecule has 1 heterocycles. The number of amides is 2. The molecule has 4 aromatic rings. The molecule has 2 saturated carbocycles. The van der Waals surface area contributed by atoms with Crippen LogP contribution in [0.15, 0.2) is 109 Å². The zero-order valence-corrected chi connectivity index (χ0v) is 37.1. The number of carbonyl (C=O) groups excluding carboxylic acids is 2. The molecule has 4 aromatic carbocycles. The van der Waals surface area contributed by atoms with Crippen LogP contribution < -0.4 is 20.1 Å².